The molecule has 1 aromatic heterocycles. The van der Waals surface area contributed by atoms with Gasteiger partial charge in [-0.05, 0) is 56.3 Å². The Morgan fingerprint density at radius 1 is 1.00 bits per heavy atom. The second kappa shape index (κ2) is 3.35. The van der Waals surface area contributed by atoms with E-state index in [1.165, 1.54) is 44.2 Å². The van der Waals surface area contributed by atoms with Gasteiger partial charge in [0.25, 0.3) is 0 Å². The zero-order valence-corrected chi connectivity index (χ0v) is 11.2. The van der Waals surface area contributed by atoms with Gasteiger partial charge in [-0.25, -0.2) is 4.79 Å². The van der Waals surface area contributed by atoms with E-state index in [1.54, 1.807) is 0 Å². The van der Waals surface area contributed by atoms with Crippen molar-refractivity contribution < 1.29 is 0 Å². The van der Waals surface area contributed by atoms with Gasteiger partial charge < -0.3 is 10.3 Å². The quantitative estimate of drug-likeness (QED) is 0.806. The van der Waals surface area contributed by atoms with E-state index in [0.29, 0.717) is 0 Å². The summed E-state index contributed by atoms with van der Waals surface area (Å²) in [5.41, 5.74) is 2.73. The SMILES string of the molecule is O=c1[nH]c2c(n1C13CC4CC(CC(C4)C1)C3)CNC2. The molecule has 0 radical (unpaired) electrons. The summed E-state index contributed by atoms with van der Waals surface area (Å²) < 4.78 is 2.19. The van der Waals surface area contributed by atoms with Crippen LogP contribution in [0.25, 0.3) is 0 Å². The number of hydrogen-bond acceptors (Lipinski definition) is 2. The largest absolute Gasteiger partial charge is 0.326 e. The van der Waals surface area contributed by atoms with Crippen LogP contribution >= 0.6 is 0 Å². The van der Waals surface area contributed by atoms with Gasteiger partial charge in [0, 0.05) is 13.1 Å². The summed E-state index contributed by atoms with van der Waals surface area (Å²) in [6, 6.07) is 0. The molecule has 5 aliphatic rings. The average molecular weight is 259 g/mol. The molecule has 19 heavy (non-hydrogen) atoms. The first kappa shape index (κ1) is 10.7. The van der Waals surface area contributed by atoms with Gasteiger partial charge in [-0.1, -0.05) is 0 Å². The van der Waals surface area contributed by atoms with Crippen molar-refractivity contribution in [2.24, 2.45) is 17.8 Å². The van der Waals surface area contributed by atoms with Crippen LogP contribution in [0.4, 0.5) is 0 Å². The molecule has 2 N–H and O–H groups in total. The van der Waals surface area contributed by atoms with E-state index in [2.05, 4.69) is 14.9 Å². The Morgan fingerprint density at radius 3 is 2.26 bits per heavy atom. The normalized spacial score (nSPS) is 42.8. The van der Waals surface area contributed by atoms with Crippen molar-refractivity contribution in [3.05, 3.63) is 21.9 Å². The van der Waals surface area contributed by atoms with E-state index in [4.69, 9.17) is 0 Å². The van der Waals surface area contributed by atoms with Crippen molar-refractivity contribution in [1.82, 2.24) is 14.9 Å². The summed E-state index contributed by atoms with van der Waals surface area (Å²) in [6.07, 6.45) is 8.05. The van der Waals surface area contributed by atoms with Gasteiger partial charge in [0.2, 0.25) is 0 Å². The van der Waals surface area contributed by atoms with Crippen molar-refractivity contribution >= 4 is 0 Å². The topological polar surface area (TPSA) is 49.8 Å². The maximum absolute atomic E-state index is 12.4. The van der Waals surface area contributed by atoms with Gasteiger partial charge >= 0.3 is 5.69 Å². The van der Waals surface area contributed by atoms with Crippen molar-refractivity contribution in [2.75, 3.05) is 0 Å². The molecule has 0 amide bonds. The highest BCUT2D eigenvalue weighted by atomic mass is 16.1. The Labute approximate surface area is 112 Å². The van der Waals surface area contributed by atoms with Crippen LogP contribution in [0.2, 0.25) is 0 Å². The van der Waals surface area contributed by atoms with Gasteiger partial charge in [-0.2, -0.15) is 0 Å². The Kier molecular flexibility index (Phi) is 1.89. The van der Waals surface area contributed by atoms with Crippen molar-refractivity contribution in [3.8, 4) is 0 Å². The number of aromatic amines is 1. The number of fused-ring (bicyclic) bond motifs is 1. The van der Waals surface area contributed by atoms with Crippen molar-refractivity contribution in [3.63, 3.8) is 0 Å². The van der Waals surface area contributed by atoms with Crippen molar-refractivity contribution in [2.45, 2.75) is 57.2 Å². The zero-order valence-electron chi connectivity index (χ0n) is 11.2. The van der Waals surface area contributed by atoms with Crippen LogP contribution < -0.4 is 11.0 Å². The minimum atomic E-state index is 0.161. The summed E-state index contributed by atoms with van der Waals surface area (Å²) >= 11 is 0. The molecule has 4 aliphatic carbocycles. The van der Waals surface area contributed by atoms with Gasteiger partial charge in [-0.15, -0.1) is 0 Å². The number of aromatic nitrogens is 2. The molecule has 1 aliphatic heterocycles. The van der Waals surface area contributed by atoms with E-state index in [1.807, 2.05) is 0 Å². The second-order valence-electron chi connectivity index (χ2n) is 7.44. The lowest BCUT2D eigenvalue weighted by atomic mass is 9.53. The lowest BCUT2D eigenvalue weighted by molar-refractivity contribution is -0.0458. The van der Waals surface area contributed by atoms with Crippen LogP contribution in [0.15, 0.2) is 4.79 Å². The Bertz CT molecular complexity index is 562. The number of rotatable bonds is 1. The molecule has 0 spiro atoms. The standard InChI is InChI=1S/C15H21N3O/c19-14-17-12-7-16-8-13(12)18(14)15-4-9-1-10(5-15)3-11(2-9)6-15/h9-11,16H,1-8H2,(H,17,19). The predicted octanol–water partition coefficient (Wildman–Crippen LogP) is 1.70. The van der Waals surface area contributed by atoms with Gasteiger partial charge in [-0.3, -0.25) is 4.57 Å². The van der Waals surface area contributed by atoms with Gasteiger partial charge in [0.15, 0.2) is 0 Å². The first-order chi connectivity index (χ1) is 9.23. The summed E-state index contributed by atoms with van der Waals surface area (Å²) in [5, 5.41) is 3.38. The Balaban J connectivity index is 1.68. The third-order valence-electron chi connectivity index (χ3n) is 6.15. The molecule has 0 aromatic carbocycles. The Morgan fingerprint density at radius 2 is 1.63 bits per heavy atom. The minimum absolute atomic E-state index is 0.161. The van der Waals surface area contributed by atoms with E-state index < -0.39 is 0 Å². The fourth-order valence-electron chi connectivity index (χ4n) is 5.99. The molecule has 6 rings (SSSR count). The third-order valence-corrected chi connectivity index (χ3v) is 6.15. The summed E-state index contributed by atoms with van der Waals surface area (Å²) in [6.45, 7) is 1.71. The van der Waals surface area contributed by atoms with E-state index in [-0.39, 0.29) is 11.2 Å². The lowest BCUT2D eigenvalue weighted by Gasteiger charge is -2.57. The molecule has 0 atom stereocenters. The summed E-state index contributed by atoms with van der Waals surface area (Å²) in [4.78, 5) is 15.5. The van der Waals surface area contributed by atoms with Gasteiger partial charge in [0.05, 0.1) is 16.9 Å². The van der Waals surface area contributed by atoms with Crippen LogP contribution in [0.5, 0.6) is 0 Å². The summed E-state index contributed by atoms with van der Waals surface area (Å²) in [7, 11) is 0. The molecular weight excluding hydrogens is 238 g/mol. The van der Waals surface area contributed by atoms with E-state index >= 15 is 0 Å². The highest BCUT2D eigenvalue weighted by molar-refractivity contribution is 5.21. The maximum Gasteiger partial charge on any atom is 0.326 e. The molecule has 4 heteroatoms. The van der Waals surface area contributed by atoms with E-state index in [9.17, 15) is 4.79 Å². The van der Waals surface area contributed by atoms with Crippen molar-refractivity contribution in [1.29, 1.82) is 0 Å². The number of nitrogens with zero attached hydrogens (tertiary/aromatic N) is 1. The zero-order chi connectivity index (χ0) is 12.6. The Hall–Kier alpha value is -1.03. The van der Waals surface area contributed by atoms with Crippen LogP contribution in [0.1, 0.15) is 49.9 Å². The second-order valence-corrected chi connectivity index (χ2v) is 7.44. The first-order valence-electron chi connectivity index (χ1n) is 7.77. The fourth-order valence-corrected chi connectivity index (χ4v) is 5.99. The molecule has 4 saturated carbocycles. The molecule has 1 aromatic rings. The lowest BCUT2D eigenvalue weighted by Crippen LogP contribution is -2.54. The molecule has 4 bridgehead atoms. The summed E-state index contributed by atoms with van der Waals surface area (Å²) in [5.74, 6) is 2.66. The first-order valence-corrected chi connectivity index (χ1v) is 7.77. The molecule has 2 heterocycles. The number of hydrogen-bond donors (Lipinski definition) is 2. The molecular formula is C15H21N3O. The average Bonchev–Trinajstić information content (AvgIpc) is 2.85. The molecule has 4 fully saturated rings. The predicted molar refractivity (Wildman–Crippen MR) is 71.7 cm³/mol. The minimum Gasteiger partial charge on any atom is -0.308 e. The monoisotopic (exact) mass is 259 g/mol. The smallest absolute Gasteiger partial charge is 0.308 e. The van der Waals surface area contributed by atoms with E-state index in [0.717, 1.165) is 36.5 Å². The third kappa shape index (κ3) is 1.31. The van der Waals surface area contributed by atoms with Crippen LogP contribution in [0, 0.1) is 17.8 Å². The highest BCUT2D eigenvalue weighted by Crippen LogP contribution is 2.58. The fraction of sp³-hybridized carbons (Fsp3) is 0.800. The number of H-pyrrole nitrogens is 1. The van der Waals surface area contributed by atoms with Crippen LogP contribution in [-0.4, -0.2) is 9.55 Å². The molecule has 0 unspecified atom stereocenters. The number of nitrogens with one attached hydrogen (secondary N) is 2. The molecule has 4 nitrogen and oxygen atoms in total. The molecule has 0 saturated heterocycles. The highest BCUT2D eigenvalue weighted by Gasteiger charge is 2.53. The van der Waals surface area contributed by atoms with Crippen LogP contribution in [-0.2, 0) is 18.6 Å². The maximum atomic E-state index is 12.4. The van der Waals surface area contributed by atoms with Gasteiger partial charge in [0.1, 0.15) is 0 Å². The van der Waals surface area contributed by atoms with Crippen LogP contribution in [0.3, 0.4) is 0 Å². The number of imidazole rings is 1. The molecule has 102 valence electrons.